The highest BCUT2D eigenvalue weighted by molar-refractivity contribution is 7.09. The Morgan fingerprint density at radius 1 is 1.21 bits per heavy atom. The number of anilines is 1. The first kappa shape index (κ1) is 12.0. The molecule has 0 radical (unpaired) electrons. The molecule has 2 heterocycles. The van der Waals surface area contributed by atoms with Gasteiger partial charge in [0, 0.05) is 22.3 Å². The van der Waals surface area contributed by atoms with E-state index in [1.165, 1.54) is 0 Å². The molecule has 3 rings (SSSR count). The SMILES string of the molecule is CC(C)(Nc1nncc2ccccc12)c1nccs1. The molecule has 0 aliphatic heterocycles. The largest absolute Gasteiger partial charge is 0.357 e. The van der Waals surface area contributed by atoms with Gasteiger partial charge in [-0.25, -0.2) is 4.98 Å². The third-order valence-electron chi connectivity index (χ3n) is 2.97. The van der Waals surface area contributed by atoms with Crippen molar-refractivity contribution in [3.8, 4) is 0 Å². The highest BCUT2D eigenvalue weighted by Gasteiger charge is 2.24. The van der Waals surface area contributed by atoms with Crippen LogP contribution in [0.5, 0.6) is 0 Å². The molecule has 2 aromatic heterocycles. The molecule has 96 valence electrons. The molecule has 0 saturated carbocycles. The van der Waals surface area contributed by atoms with Crippen molar-refractivity contribution in [2.24, 2.45) is 0 Å². The van der Waals surface area contributed by atoms with E-state index in [0.717, 1.165) is 21.6 Å². The zero-order valence-corrected chi connectivity index (χ0v) is 11.6. The first-order valence-corrected chi connectivity index (χ1v) is 6.93. The van der Waals surface area contributed by atoms with Gasteiger partial charge in [-0.1, -0.05) is 24.3 Å². The van der Waals surface area contributed by atoms with Gasteiger partial charge in [-0.05, 0) is 13.8 Å². The van der Waals surface area contributed by atoms with Crippen molar-refractivity contribution in [1.82, 2.24) is 15.2 Å². The minimum atomic E-state index is -0.271. The molecule has 0 fully saturated rings. The normalized spacial score (nSPS) is 11.7. The van der Waals surface area contributed by atoms with Crippen LogP contribution < -0.4 is 5.32 Å². The maximum atomic E-state index is 4.37. The minimum absolute atomic E-state index is 0.271. The van der Waals surface area contributed by atoms with Gasteiger partial charge >= 0.3 is 0 Å². The first-order chi connectivity index (χ1) is 9.17. The lowest BCUT2D eigenvalue weighted by atomic mass is 10.1. The van der Waals surface area contributed by atoms with E-state index in [1.54, 1.807) is 17.5 Å². The Kier molecular flexibility index (Phi) is 2.91. The lowest BCUT2D eigenvalue weighted by molar-refractivity contribution is 0.600. The van der Waals surface area contributed by atoms with Gasteiger partial charge < -0.3 is 5.32 Å². The van der Waals surface area contributed by atoms with Crippen molar-refractivity contribution in [1.29, 1.82) is 0 Å². The van der Waals surface area contributed by atoms with Crippen molar-refractivity contribution >= 4 is 27.9 Å². The summed E-state index contributed by atoms with van der Waals surface area (Å²) in [6, 6.07) is 8.08. The number of aromatic nitrogens is 3. The summed E-state index contributed by atoms with van der Waals surface area (Å²) in [5, 5.41) is 16.9. The van der Waals surface area contributed by atoms with Crippen LogP contribution >= 0.6 is 11.3 Å². The summed E-state index contributed by atoms with van der Waals surface area (Å²) in [7, 11) is 0. The van der Waals surface area contributed by atoms with E-state index in [4.69, 9.17) is 0 Å². The molecule has 0 atom stereocenters. The molecule has 0 unspecified atom stereocenters. The summed E-state index contributed by atoms with van der Waals surface area (Å²) in [6.45, 7) is 4.19. The van der Waals surface area contributed by atoms with Gasteiger partial charge in [0.25, 0.3) is 0 Å². The second-order valence-electron chi connectivity index (χ2n) is 4.87. The lowest BCUT2D eigenvalue weighted by Gasteiger charge is -2.24. The fourth-order valence-electron chi connectivity index (χ4n) is 2.00. The van der Waals surface area contributed by atoms with Crippen LogP contribution in [0.1, 0.15) is 18.9 Å². The van der Waals surface area contributed by atoms with Gasteiger partial charge in [0.15, 0.2) is 5.82 Å². The number of fused-ring (bicyclic) bond motifs is 1. The van der Waals surface area contributed by atoms with E-state index in [0.29, 0.717) is 0 Å². The Morgan fingerprint density at radius 2 is 2.05 bits per heavy atom. The molecule has 0 aliphatic carbocycles. The second kappa shape index (κ2) is 4.59. The van der Waals surface area contributed by atoms with Crippen molar-refractivity contribution in [3.05, 3.63) is 47.0 Å². The van der Waals surface area contributed by atoms with E-state index in [1.807, 2.05) is 35.8 Å². The van der Waals surface area contributed by atoms with Crippen LogP contribution in [0.2, 0.25) is 0 Å². The summed E-state index contributed by atoms with van der Waals surface area (Å²) in [4.78, 5) is 4.37. The van der Waals surface area contributed by atoms with Crippen LogP contribution in [-0.4, -0.2) is 15.2 Å². The van der Waals surface area contributed by atoms with Gasteiger partial charge in [-0.2, -0.15) is 5.10 Å². The summed E-state index contributed by atoms with van der Waals surface area (Å²) in [5.41, 5.74) is -0.271. The van der Waals surface area contributed by atoms with Gasteiger partial charge in [0.2, 0.25) is 0 Å². The topological polar surface area (TPSA) is 50.7 Å². The van der Waals surface area contributed by atoms with Crippen molar-refractivity contribution in [2.75, 3.05) is 5.32 Å². The van der Waals surface area contributed by atoms with Crippen molar-refractivity contribution in [3.63, 3.8) is 0 Å². The summed E-state index contributed by atoms with van der Waals surface area (Å²) in [5.74, 6) is 0.790. The van der Waals surface area contributed by atoms with E-state index >= 15 is 0 Å². The fourth-order valence-corrected chi connectivity index (χ4v) is 2.72. The molecule has 0 bridgehead atoms. The second-order valence-corrected chi connectivity index (χ2v) is 5.76. The number of benzene rings is 1. The molecule has 19 heavy (non-hydrogen) atoms. The number of hydrogen-bond acceptors (Lipinski definition) is 5. The van der Waals surface area contributed by atoms with E-state index < -0.39 is 0 Å². The summed E-state index contributed by atoms with van der Waals surface area (Å²) in [6.07, 6.45) is 3.59. The maximum Gasteiger partial charge on any atom is 0.157 e. The number of nitrogens with one attached hydrogen (secondary N) is 1. The lowest BCUT2D eigenvalue weighted by Crippen LogP contribution is -2.28. The molecule has 0 saturated heterocycles. The Morgan fingerprint density at radius 3 is 2.84 bits per heavy atom. The molecule has 0 aliphatic rings. The van der Waals surface area contributed by atoms with Gasteiger partial charge in [0.1, 0.15) is 5.01 Å². The number of nitrogens with zero attached hydrogens (tertiary/aromatic N) is 3. The van der Waals surface area contributed by atoms with Crippen LogP contribution in [0.25, 0.3) is 10.8 Å². The monoisotopic (exact) mass is 270 g/mol. The molecule has 0 spiro atoms. The van der Waals surface area contributed by atoms with E-state index in [2.05, 4.69) is 34.3 Å². The van der Waals surface area contributed by atoms with Gasteiger partial charge in [-0.15, -0.1) is 16.4 Å². The summed E-state index contributed by atoms with van der Waals surface area (Å²) >= 11 is 1.63. The molecule has 0 amide bonds. The zero-order chi connectivity index (χ0) is 13.3. The Labute approximate surface area is 115 Å². The molecule has 1 aromatic carbocycles. The van der Waals surface area contributed by atoms with Crippen LogP contribution in [0.15, 0.2) is 42.0 Å². The fraction of sp³-hybridized carbons (Fsp3) is 0.214. The van der Waals surface area contributed by atoms with Crippen molar-refractivity contribution in [2.45, 2.75) is 19.4 Å². The Hall–Kier alpha value is -2.01. The highest BCUT2D eigenvalue weighted by Crippen LogP contribution is 2.29. The predicted octanol–water partition coefficient (Wildman–Crippen LogP) is 3.43. The molecule has 4 nitrogen and oxygen atoms in total. The number of hydrogen-bond donors (Lipinski definition) is 1. The third kappa shape index (κ3) is 2.29. The van der Waals surface area contributed by atoms with Crippen LogP contribution in [0, 0.1) is 0 Å². The van der Waals surface area contributed by atoms with Gasteiger partial charge in [0.05, 0.1) is 11.7 Å². The average molecular weight is 270 g/mol. The zero-order valence-electron chi connectivity index (χ0n) is 10.8. The number of thiazole rings is 1. The van der Waals surface area contributed by atoms with Crippen LogP contribution in [-0.2, 0) is 5.54 Å². The predicted molar refractivity (Wildman–Crippen MR) is 78.3 cm³/mol. The van der Waals surface area contributed by atoms with Crippen LogP contribution in [0.3, 0.4) is 0 Å². The standard InChI is InChI=1S/C14H14N4S/c1-14(2,13-15-7-8-19-13)17-12-11-6-4-3-5-10(11)9-16-18-12/h3-9H,1-2H3,(H,17,18). The quantitative estimate of drug-likeness (QED) is 0.792. The van der Waals surface area contributed by atoms with Gasteiger partial charge in [-0.3, -0.25) is 0 Å². The van der Waals surface area contributed by atoms with Crippen molar-refractivity contribution < 1.29 is 0 Å². The molecule has 1 N–H and O–H groups in total. The first-order valence-electron chi connectivity index (χ1n) is 6.05. The highest BCUT2D eigenvalue weighted by atomic mass is 32.1. The molecule has 3 aromatic rings. The Bertz CT molecular complexity index is 686. The maximum absolute atomic E-state index is 4.37. The average Bonchev–Trinajstić information content (AvgIpc) is 2.93. The molecular formula is C14H14N4S. The molecular weight excluding hydrogens is 256 g/mol. The Balaban J connectivity index is 2.02. The third-order valence-corrected chi connectivity index (χ3v) is 4.07. The summed E-state index contributed by atoms with van der Waals surface area (Å²) < 4.78 is 0. The smallest absolute Gasteiger partial charge is 0.157 e. The minimum Gasteiger partial charge on any atom is -0.357 e. The van der Waals surface area contributed by atoms with E-state index in [9.17, 15) is 0 Å². The molecule has 5 heteroatoms. The van der Waals surface area contributed by atoms with E-state index in [-0.39, 0.29) is 5.54 Å². The van der Waals surface area contributed by atoms with Crippen LogP contribution in [0.4, 0.5) is 5.82 Å². The number of rotatable bonds is 3.